The van der Waals surface area contributed by atoms with Gasteiger partial charge in [-0.3, -0.25) is 0 Å². The van der Waals surface area contributed by atoms with Gasteiger partial charge in [-0.2, -0.15) is 4.31 Å². The lowest BCUT2D eigenvalue weighted by atomic mass is 10.2. The fourth-order valence-corrected chi connectivity index (χ4v) is 3.02. The highest BCUT2D eigenvalue weighted by Gasteiger charge is 2.15. The van der Waals surface area contributed by atoms with Gasteiger partial charge in [0.2, 0.25) is 10.0 Å². The van der Waals surface area contributed by atoms with Crippen molar-refractivity contribution in [2.75, 3.05) is 21.3 Å². The SMILES string of the molecule is COc1ccc(CN(C)S(=O)(=O)/C=C/c2ccccc2)cc1OC. The zero-order chi connectivity index (χ0) is 17.6. The van der Waals surface area contributed by atoms with Crippen LogP contribution in [0.5, 0.6) is 11.5 Å². The van der Waals surface area contributed by atoms with E-state index in [2.05, 4.69) is 0 Å². The molecule has 5 nitrogen and oxygen atoms in total. The molecule has 0 aliphatic heterocycles. The first-order valence-corrected chi connectivity index (χ1v) is 8.87. The van der Waals surface area contributed by atoms with Crippen molar-refractivity contribution in [3.63, 3.8) is 0 Å². The van der Waals surface area contributed by atoms with E-state index in [9.17, 15) is 8.42 Å². The molecule has 0 N–H and O–H groups in total. The van der Waals surface area contributed by atoms with Gasteiger partial charge in [0.1, 0.15) is 0 Å². The van der Waals surface area contributed by atoms with E-state index in [0.29, 0.717) is 11.5 Å². The lowest BCUT2D eigenvalue weighted by Crippen LogP contribution is -2.24. The Bertz CT molecular complexity index is 801. The molecule has 2 rings (SSSR count). The van der Waals surface area contributed by atoms with Crippen molar-refractivity contribution in [3.8, 4) is 11.5 Å². The molecule has 0 atom stereocenters. The number of rotatable bonds is 7. The summed E-state index contributed by atoms with van der Waals surface area (Å²) in [4.78, 5) is 0. The first kappa shape index (κ1) is 18.0. The molecule has 0 saturated carbocycles. The van der Waals surface area contributed by atoms with Crippen LogP contribution >= 0.6 is 0 Å². The summed E-state index contributed by atoms with van der Waals surface area (Å²) >= 11 is 0. The number of ether oxygens (including phenoxy) is 2. The van der Waals surface area contributed by atoms with E-state index >= 15 is 0 Å². The summed E-state index contributed by atoms with van der Waals surface area (Å²) < 4.78 is 36.4. The molecule has 0 aliphatic rings. The van der Waals surface area contributed by atoms with Gasteiger partial charge in [0.25, 0.3) is 0 Å². The highest BCUT2D eigenvalue weighted by atomic mass is 32.2. The minimum Gasteiger partial charge on any atom is -0.493 e. The second-order valence-corrected chi connectivity index (χ2v) is 7.13. The molecule has 0 spiro atoms. The van der Waals surface area contributed by atoms with Crippen molar-refractivity contribution in [2.45, 2.75) is 6.54 Å². The first-order valence-electron chi connectivity index (χ1n) is 7.36. The maximum Gasteiger partial charge on any atom is 0.236 e. The Hall–Kier alpha value is -2.31. The molecular weight excluding hydrogens is 326 g/mol. The Morgan fingerprint density at radius 1 is 1.00 bits per heavy atom. The van der Waals surface area contributed by atoms with E-state index in [1.807, 2.05) is 36.4 Å². The van der Waals surface area contributed by atoms with Crippen LogP contribution in [0.1, 0.15) is 11.1 Å². The van der Waals surface area contributed by atoms with E-state index in [1.165, 1.54) is 9.71 Å². The van der Waals surface area contributed by atoms with Crippen molar-refractivity contribution in [1.29, 1.82) is 0 Å². The van der Waals surface area contributed by atoms with Crippen LogP contribution in [0, 0.1) is 0 Å². The average molecular weight is 347 g/mol. The van der Waals surface area contributed by atoms with Crippen LogP contribution < -0.4 is 9.47 Å². The van der Waals surface area contributed by atoms with Crippen molar-refractivity contribution >= 4 is 16.1 Å². The molecule has 0 unspecified atom stereocenters. The van der Waals surface area contributed by atoms with Crippen molar-refractivity contribution < 1.29 is 17.9 Å². The molecular formula is C18H21NO4S. The van der Waals surface area contributed by atoms with E-state index < -0.39 is 10.0 Å². The summed E-state index contributed by atoms with van der Waals surface area (Å²) in [6, 6.07) is 14.6. The molecule has 0 fully saturated rings. The van der Waals surface area contributed by atoms with Gasteiger partial charge in [-0.15, -0.1) is 0 Å². The van der Waals surface area contributed by atoms with Crippen LogP contribution in [0.2, 0.25) is 0 Å². The summed E-state index contributed by atoms with van der Waals surface area (Å²) in [5.74, 6) is 1.18. The quantitative estimate of drug-likeness (QED) is 0.772. The summed E-state index contributed by atoms with van der Waals surface area (Å²) in [7, 11) is 1.14. The normalized spacial score (nSPS) is 11.8. The molecule has 6 heteroatoms. The molecule has 0 aromatic heterocycles. The van der Waals surface area contributed by atoms with E-state index in [-0.39, 0.29) is 6.54 Å². The lowest BCUT2D eigenvalue weighted by Gasteiger charge is -2.16. The zero-order valence-corrected chi connectivity index (χ0v) is 14.8. The third-order valence-corrected chi connectivity index (χ3v) is 5.00. The number of hydrogen-bond donors (Lipinski definition) is 0. The number of sulfonamides is 1. The standard InChI is InChI=1S/C18H21NO4S/c1-19(14-16-9-10-17(22-2)18(13-16)23-3)24(20,21)12-11-15-7-5-4-6-8-15/h4-13H,14H2,1-3H3/b12-11+. The Balaban J connectivity index is 2.13. The van der Waals surface area contributed by atoms with Crippen LogP contribution in [0.4, 0.5) is 0 Å². The summed E-state index contributed by atoms with van der Waals surface area (Å²) in [6.07, 6.45) is 1.58. The lowest BCUT2D eigenvalue weighted by molar-refractivity contribution is 0.354. The van der Waals surface area contributed by atoms with Gasteiger partial charge in [-0.05, 0) is 29.3 Å². The van der Waals surface area contributed by atoms with Crippen LogP contribution in [-0.4, -0.2) is 34.0 Å². The predicted molar refractivity (Wildman–Crippen MR) is 95.4 cm³/mol. The van der Waals surface area contributed by atoms with Crippen molar-refractivity contribution in [1.82, 2.24) is 4.31 Å². The summed E-state index contributed by atoms with van der Waals surface area (Å²) in [5, 5.41) is 1.21. The zero-order valence-electron chi connectivity index (χ0n) is 14.0. The topological polar surface area (TPSA) is 55.8 Å². The molecule has 0 bridgehead atoms. The van der Waals surface area contributed by atoms with Crippen LogP contribution in [0.25, 0.3) is 6.08 Å². The highest BCUT2D eigenvalue weighted by molar-refractivity contribution is 7.92. The van der Waals surface area contributed by atoms with Gasteiger partial charge in [0, 0.05) is 19.0 Å². The molecule has 2 aromatic rings. The van der Waals surface area contributed by atoms with Gasteiger partial charge >= 0.3 is 0 Å². The average Bonchev–Trinajstić information content (AvgIpc) is 2.60. The second-order valence-electron chi connectivity index (χ2n) is 5.20. The van der Waals surface area contributed by atoms with Crippen LogP contribution in [-0.2, 0) is 16.6 Å². The van der Waals surface area contributed by atoms with Crippen molar-refractivity contribution in [3.05, 3.63) is 65.1 Å². The smallest absolute Gasteiger partial charge is 0.236 e. The molecule has 0 radical (unpaired) electrons. The molecule has 0 aliphatic carbocycles. The first-order chi connectivity index (χ1) is 11.5. The fourth-order valence-electron chi connectivity index (χ4n) is 2.16. The van der Waals surface area contributed by atoms with Gasteiger partial charge in [-0.1, -0.05) is 36.4 Å². The Morgan fingerprint density at radius 2 is 1.67 bits per heavy atom. The van der Waals surface area contributed by atoms with E-state index in [4.69, 9.17) is 9.47 Å². The molecule has 2 aromatic carbocycles. The number of methoxy groups -OCH3 is 2. The largest absolute Gasteiger partial charge is 0.493 e. The van der Waals surface area contributed by atoms with Crippen LogP contribution in [0.3, 0.4) is 0 Å². The Labute approximate surface area is 143 Å². The van der Waals surface area contributed by atoms with E-state index in [1.54, 1.807) is 39.5 Å². The molecule has 24 heavy (non-hydrogen) atoms. The van der Waals surface area contributed by atoms with E-state index in [0.717, 1.165) is 11.1 Å². The minimum absolute atomic E-state index is 0.238. The fraction of sp³-hybridized carbons (Fsp3) is 0.222. The van der Waals surface area contributed by atoms with Gasteiger partial charge in [-0.25, -0.2) is 8.42 Å². The molecule has 0 heterocycles. The van der Waals surface area contributed by atoms with Gasteiger partial charge in [0.05, 0.1) is 14.2 Å². The third kappa shape index (κ3) is 4.59. The summed E-state index contributed by atoms with van der Waals surface area (Å²) in [6.45, 7) is 0.238. The van der Waals surface area contributed by atoms with Crippen molar-refractivity contribution in [2.24, 2.45) is 0 Å². The monoisotopic (exact) mass is 347 g/mol. The van der Waals surface area contributed by atoms with Gasteiger partial charge in [0.15, 0.2) is 11.5 Å². The molecule has 128 valence electrons. The predicted octanol–water partition coefficient (Wildman–Crippen LogP) is 3.14. The molecule has 0 amide bonds. The Kier molecular flexibility index (Phi) is 6.00. The highest BCUT2D eigenvalue weighted by Crippen LogP contribution is 2.28. The number of benzene rings is 2. The summed E-state index contributed by atoms with van der Waals surface area (Å²) in [5.41, 5.74) is 1.65. The molecule has 0 saturated heterocycles. The number of nitrogens with zero attached hydrogens (tertiary/aromatic N) is 1. The van der Waals surface area contributed by atoms with Crippen LogP contribution in [0.15, 0.2) is 53.9 Å². The minimum atomic E-state index is -3.51. The second kappa shape index (κ2) is 7.99. The van der Waals surface area contributed by atoms with Gasteiger partial charge < -0.3 is 9.47 Å². The number of hydrogen-bond acceptors (Lipinski definition) is 4. The maximum absolute atomic E-state index is 12.4. The third-order valence-electron chi connectivity index (χ3n) is 3.52. The maximum atomic E-state index is 12.4. The Morgan fingerprint density at radius 3 is 2.29 bits per heavy atom.